The van der Waals surface area contributed by atoms with E-state index in [1.54, 1.807) is 0 Å². The normalized spacial score (nSPS) is 20.4. The maximum atomic E-state index is 11.0. The Morgan fingerprint density at radius 2 is 0.906 bits per heavy atom. The number of aliphatic carboxylic acids is 4. The molecule has 2 N–H and O–H groups in total. The van der Waals surface area contributed by atoms with Gasteiger partial charge in [0.15, 0.2) is 0 Å². The first-order valence-electron chi connectivity index (χ1n) is 8.96. The van der Waals surface area contributed by atoms with E-state index in [0.717, 1.165) is 0 Å². The van der Waals surface area contributed by atoms with E-state index in [9.17, 15) is 39.6 Å². The minimum atomic E-state index is -1.38. The van der Waals surface area contributed by atoms with Crippen molar-refractivity contribution >= 4 is 23.9 Å². The average Bonchev–Trinajstić information content (AvgIpc) is 2.55. The van der Waals surface area contributed by atoms with Gasteiger partial charge in [-0.2, -0.15) is 11.1 Å². The van der Waals surface area contributed by atoms with Crippen LogP contribution in [-0.4, -0.2) is 60.1 Å². The molecule has 16 heteroatoms. The number of hydrogen-bond donors (Lipinski definition) is 2. The number of carboxylic acid groups (broad SMARTS) is 4. The van der Waals surface area contributed by atoms with Crippen molar-refractivity contribution in [2.24, 2.45) is 11.8 Å². The van der Waals surface area contributed by atoms with E-state index in [-0.39, 0.29) is 156 Å². The molecule has 1 aliphatic heterocycles. The van der Waals surface area contributed by atoms with Gasteiger partial charge in [-0.3, -0.25) is 0 Å². The number of carboxylic acids is 4. The van der Waals surface area contributed by atoms with E-state index in [4.69, 9.17) is 0 Å². The smallest absolute Gasteiger partial charge is 0.550 e. The summed E-state index contributed by atoms with van der Waals surface area (Å²) in [6.45, 7) is -0.776. The second-order valence-corrected chi connectivity index (χ2v) is 6.85. The molecule has 0 bridgehead atoms. The molecule has 1 rings (SSSR count). The van der Waals surface area contributed by atoms with Crippen molar-refractivity contribution in [1.29, 1.82) is 0 Å². The minimum Gasteiger partial charge on any atom is -0.550 e. The average molecular weight is 492 g/mol. The molecule has 2 unspecified atom stereocenters. The number of hydrogen-bond acceptors (Lipinski definition) is 12. The molecule has 0 radical (unpaired) electrons. The first-order valence-corrected chi connectivity index (χ1v) is 8.96. The van der Waals surface area contributed by atoms with Crippen molar-refractivity contribution in [2.75, 3.05) is 26.2 Å². The van der Waals surface area contributed by atoms with Crippen molar-refractivity contribution < 1.29 is 158 Å². The summed E-state index contributed by atoms with van der Waals surface area (Å²) >= 11 is 0. The van der Waals surface area contributed by atoms with Gasteiger partial charge in [0.2, 0.25) is 0 Å². The summed E-state index contributed by atoms with van der Waals surface area (Å²) in [5.41, 5.74) is 5.12. The number of nitrogens with one attached hydrogen (secondary N) is 2. The zero-order chi connectivity index (χ0) is 21.1. The second-order valence-electron chi connectivity index (χ2n) is 6.85. The predicted octanol–water partition coefficient (Wildman–Crippen LogP) is -17.9. The molecule has 2 atom stereocenters. The molecular weight excluding hydrogens is 468 g/mol. The number of carbonyl (C=O) groups excluding carboxylic acids is 4. The molecule has 1 fully saturated rings. The number of hydrazine groups is 3. The summed E-state index contributed by atoms with van der Waals surface area (Å²) in [4.78, 5) is 43.8. The number of rotatable bonds is 8. The fourth-order valence-corrected chi connectivity index (χ4v) is 3.12. The third-order valence-electron chi connectivity index (χ3n) is 4.51. The molecule has 0 aliphatic carbocycles. The van der Waals surface area contributed by atoms with Crippen molar-refractivity contribution in [1.82, 2.24) is 21.1 Å². The molecule has 160 valence electrons. The first-order chi connectivity index (χ1) is 13.2. The Bertz CT molecular complexity index is 464. The van der Waals surface area contributed by atoms with Crippen LogP contribution in [0.3, 0.4) is 0 Å². The molecule has 0 amide bonds. The SMILES string of the molecule is O=C([O-])CC1CCC(CC(=O)[O-])CCN(CC(=O)[O-])NNN(CC(=O)[O-])CC1.[Na+].[Na+].[Na+].[Na+]. The maximum Gasteiger partial charge on any atom is 1.00 e. The molecule has 1 saturated heterocycles. The monoisotopic (exact) mass is 492 g/mol. The van der Waals surface area contributed by atoms with Crippen LogP contribution in [0.25, 0.3) is 0 Å². The quantitative estimate of drug-likeness (QED) is 0.305. The van der Waals surface area contributed by atoms with Crippen LogP contribution in [0, 0.1) is 11.8 Å². The van der Waals surface area contributed by atoms with Gasteiger partial charge in [-0.1, -0.05) is 0 Å². The van der Waals surface area contributed by atoms with E-state index < -0.39 is 37.0 Å². The van der Waals surface area contributed by atoms with Crippen molar-refractivity contribution in [3.63, 3.8) is 0 Å². The van der Waals surface area contributed by atoms with Crippen LogP contribution in [0.5, 0.6) is 0 Å². The van der Waals surface area contributed by atoms with E-state index in [2.05, 4.69) is 11.1 Å². The molecule has 12 nitrogen and oxygen atoms in total. The Morgan fingerprint density at radius 1 is 0.594 bits per heavy atom. The summed E-state index contributed by atoms with van der Waals surface area (Å²) in [5.74, 6) is -5.91. The molecule has 0 aromatic heterocycles. The fourth-order valence-electron chi connectivity index (χ4n) is 3.12. The Kier molecular flexibility index (Phi) is 29.6. The largest absolute Gasteiger partial charge is 1.00 e. The van der Waals surface area contributed by atoms with Gasteiger partial charge in [0, 0.05) is 25.0 Å². The zero-order valence-corrected chi connectivity index (χ0v) is 27.4. The Morgan fingerprint density at radius 3 is 1.16 bits per heavy atom. The number of nitrogens with zero attached hydrogens (tertiary/aromatic N) is 2. The summed E-state index contributed by atoms with van der Waals surface area (Å²) in [7, 11) is 0. The summed E-state index contributed by atoms with van der Waals surface area (Å²) in [6.07, 6.45) is 0.934. The van der Waals surface area contributed by atoms with Gasteiger partial charge in [0.25, 0.3) is 0 Å². The third-order valence-corrected chi connectivity index (χ3v) is 4.51. The molecule has 0 aromatic carbocycles. The topological polar surface area (TPSA) is 191 Å². The molecule has 32 heavy (non-hydrogen) atoms. The Hall–Kier alpha value is 1.72. The third kappa shape index (κ3) is 21.0. The molecule has 0 spiro atoms. The molecular formula is C16H24N4Na4O8. The van der Waals surface area contributed by atoms with E-state index in [1.165, 1.54) is 10.0 Å². The first kappa shape index (κ1) is 40.9. The van der Waals surface area contributed by atoms with Crippen LogP contribution in [0.15, 0.2) is 0 Å². The van der Waals surface area contributed by atoms with Gasteiger partial charge in [-0.15, -0.1) is 0 Å². The van der Waals surface area contributed by atoms with Gasteiger partial charge < -0.3 is 39.6 Å². The molecule has 1 aliphatic rings. The predicted molar refractivity (Wildman–Crippen MR) is 84.1 cm³/mol. The van der Waals surface area contributed by atoms with Crippen molar-refractivity contribution in [3.8, 4) is 0 Å². The Labute approximate surface area is 275 Å². The van der Waals surface area contributed by atoms with Crippen LogP contribution in [0.1, 0.15) is 38.5 Å². The van der Waals surface area contributed by atoms with Crippen LogP contribution in [0.4, 0.5) is 0 Å². The minimum absolute atomic E-state index is 0. The molecule has 0 saturated carbocycles. The van der Waals surface area contributed by atoms with Crippen LogP contribution in [0.2, 0.25) is 0 Å². The van der Waals surface area contributed by atoms with Gasteiger partial charge in [0.1, 0.15) is 0 Å². The van der Waals surface area contributed by atoms with Gasteiger partial charge in [-0.05, 0) is 50.4 Å². The zero-order valence-electron chi connectivity index (χ0n) is 19.4. The molecule has 0 aromatic rings. The van der Waals surface area contributed by atoms with Crippen molar-refractivity contribution in [3.05, 3.63) is 0 Å². The summed E-state index contributed by atoms with van der Waals surface area (Å²) in [6, 6.07) is 0. The Balaban J connectivity index is -0.000000980. The summed E-state index contributed by atoms with van der Waals surface area (Å²) < 4.78 is 0. The van der Waals surface area contributed by atoms with Crippen LogP contribution in [-0.2, 0) is 19.2 Å². The fraction of sp³-hybridized carbons (Fsp3) is 0.750. The van der Waals surface area contributed by atoms with Crippen molar-refractivity contribution in [2.45, 2.75) is 38.5 Å². The standard InChI is InChI=1S/C16H28N4O8.4Na/c21-13(22)7-11-1-2-12(8-14(23)24)4-6-20(10-16(27)28)18-17-19(5-3-11)9-15(25)26;;;;/h11-12,17-18H,1-10H2,(H,21,22)(H,23,24)(H,25,26)(H,27,28);;;;/q;4*+1/p-4. The van der Waals surface area contributed by atoms with Gasteiger partial charge in [0.05, 0.1) is 25.0 Å². The van der Waals surface area contributed by atoms with Crippen LogP contribution < -0.4 is 150 Å². The molecule has 1 heterocycles. The second kappa shape index (κ2) is 23.1. The van der Waals surface area contributed by atoms with Gasteiger partial charge >= 0.3 is 118 Å². The van der Waals surface area contributed by atoms with E-state index in [1.807, 2.05) is 0 Å². The maximum absolute atomic E-state index is 11.0. The van der Waals surface area contributed by atoms with E-state index >= 15 is 0 Å². The summed E-state index contributed by atoms with van der Waals surface area (Å²) in [5, 5.41) is 46.2. The van der Waals surface area contributed by atoms with Gasteiger partial charge in [-0.25, -0.2) is 10.0 Å². The number of carbonyl (C=O) groups is 4. The van der Waals surface area contributed by atoms with Crippen LogP contribution >= 0.6 is 0 Å². The van der Waals surface area contributed by atoms with E-state index in [0.29, 0.717) is 25.7 Å².